The second-order valence-corrected chi connectivity index (χ2v) is 6.03. The summed E-state index contributed by atoms with van der Waals surface area (Å²) in [6.45, 7) is -0.314. The summed E-state index contributed by atoms with van der Waals surface area (Å²) in [5, 5.41) is 2.19. The van der Waals surface area contributed by atoms with E-state index in [1.54, 1.807) is 0 Å². The summed E-state index contributed by atoms with van der Waals surface area (Å²) in [6, 6.07) is 0. The number of hydrogen-bond acceptors (Lipinski definition) is 4. The van der Waals surface area contributed by atoms with Crippen molar-refractivity contribution in [2.24, 2.45) is 0 Å². The molecule has 1 N–H and O–H groups in total. The highest BCUT2D eigenvalue weighted by molar-refractivity contribution is 7.92. The van der Waals surface area contributed by atoms with Crippen LogP contribution in [0.5, 0.6) is 0 Å². The van der Waals surface area contributed by atoms with E-state index in [1.807, 2.05) is 0 Å². The zero-order valence-corrected chi connectivity index (χ0v) is 9.40. The molecule has 0 aromatic carbocycles. The molecule has 0 spiro atoms. The molecule has 8 heteroatoms. The molecule has 0 aromatic rings. The monoisotopic (exact) mass is 261 g/mol. The lowest BCUT2D eigenvalue weighted by molar-refractivity contribution is -0.323. The molecular weight excluding hydrogens is 247 g/mol. The minimum Gasteiger partial charge on any atom is -0.313 e. The Morgan fingerprint density at radius 2 is 2.06 bits per heavy atom. The van der Waals surface area contributed by atoms with Crippen LogP contribution in [0.4, 0.5) is 13.2 Å². The van der Waals surface area contributed by atoms with E-state index < -0.39 is 28.1 Å². The third-order valence-electron chi connectivity index (χ3n) is 2.38. The Balaban J connectivity index is 2.12. The number of halogens is 3. The lowest BCUT2D eigenvalue weighted by atomic mass is 10.2. The van der Waals surface area contributed by atoms with Crippen molar-refractivity contribution in [1.82, 2.24) is 5.32 Å². The third kappa shape index (κ3) is 4.67. The second-order valence-electron chi connectivity index (χ2n) is 3.63. The molecular formula is C8H14F3NO3S. The van der Waals surface area contributed by atoms with Crippen molar-refractivity contribution < 1.29 is 26.3 Å². The van der Waals surface area contributed by atoms with Crippen LogP contribution in [0.3, 0.4) is 0 Å². The number of hydrogen-bond donors (Lipinski definition) is 1. The number of sulfone groups is 1. The summed E-state index contributed by atoms with van der Waals surface area (Å²) < 4.78 is 60.9. The van der Waals surface area contributed by atoms with E-state index in [-0.39, 0.29) is 18.8 Å². The number of rotatable bonds is 5. The van der Waals surface area contributed by atoms with Gasteiger partial charge in [0, 0.05) is 13.1 Å². The maximum Gasteiger partial charge on any atom is 0.522 e. The number of ether oxygens (including phenoxy) is 1. The summed E-state index contributed by atoms with van der Waals surface area (Å²) in [4.78, 5) is 0. The van der Waals surface area contributed by atoms with E-state index in [2.05, 4.69) is 10.1 Å². The average Bonchev–Trinajstić information content (AvgIpc) is 2.43. The van der Waals surface area contributed by atoms with Crippen molar-refractivity contribution in [3.63, 3.8) is 0 Å². The molecule has 1 atom stereocenters. The highest BCUT2D eigenvalue weighted by atomic mass is 32.2. The van der Waals surface area contributed by atoms with Gasteiger partial charge in [-0.05, 0) is 12.8 Å². The fourth-order valence-electron chi connectivity index (χ4n) is 1.59. The van der Waals surface area contributed by atoms with Crippen molar-refractivity contribution in [2.45, 2.75) is 24.5 Å². The summed E-state index contributed by atoms with van der Waals surface area (Å²) in [5.74, 6) is 0.179. The third-order valence-corrected chi connectivity index (χ3v) is 4.66. The summed E-state index contributed by atoms with van der Waals surface area (Å²) in [6.07, 6.45) is -3.41. The number of alkyl halides is 3. The summed E-state index contributed by atoms with van der Waals surface area (Å²) >= 11 is 0. The predicted molar refractivity (Wildman–Crippen MR) is 51.7 cm³/mol. The molecule has 4 nitrogen and oxygen atoms in total. The molecule has 96 valence electrons. The van der Waals surface area contributed by atoms with Gasteiger partial charge in [-0.1, -0.05) is 0 Å². The second kappa shape index (κ2) is 5.33. The molecule has 0 amide bonds. The lowest BCUT2D eigenvalue weighted by Crippen LogP contribution is -2.33. The Hall–Kier alpha value is -0.340. The molecule has 0 radical (unpaired) electrons. The summed E-state index contributed by atoms with van der Waals surface area (Å²) in [5.41, 5.74) is 0. The Bertz CT molecular complexity index is 315. The van der Waals surface area contributed by atoms with Gasteiger partial charge in [-0.3, -0.25) is 4.74 Å². The van der Waals surface area contributed by atoms with Gasteiger partial charge in [0.15, 0.2) is 9.84 Å². The topological polar surface area (TPSA) is 55.4 Å². The van der Waals surface area contributed by atoms with Crippen molar-refractivity contribution in [1.29, 1.82) is 0 Å². The van der Waals surface area contributed by atoms with Gasteiger partial charge >= 0.3 is 6.36 Å². The highest BCUT2D eigenvalue weighted by Gasteiger charge is 2.31. The molecule has 0 bridgehead atoms. The molecule has 0 saturated carbocycles. The van der Waals surface area contributed by atoms with E-state index in [9.17, 15) is 21.6 Å². The van der Waals surface area contributed by atoms with E-state index in [0.717, 1.165) is 0 Å². The van der Waals surface area contributed by atoms with Crippen LogP contribution < -0.4 is 5.32 Å². The molecule has 0 aliphatic carbocycles. The Labute approximate surface area is 92.1 Å². The van der Waals surface area contributed by atoms with Crippen LogP contribution >= 0.6 is 0 Å². The zero-order valence-electron chi connectivity index (χ0n) is 8.59. The van der Waals surface area contributed by atoms with Crippen LogP contribution in [0.2, 0.25) is 0 Å². The molecule has 1 heterocycles. The first-order valence-corrected chi connectivity index (χ1v) is 6.66. The smallest absolute Gasteiger partial charge is 0.313 e. The Morgan fingerprint density at radius 3 is 2.56 bits per heavy atom. The minimum atomic E-state index is -4.62. The average molecular weight is 261 g/mol. The van der Waals surface area contributed by atoms with Gasteiger partial charge in [0.05, 0.1) is 17.6 Å². The van der Waals surface area contributed by atoms with Crippen molar-refractivity contribution in [2.75, 3.05) is 25.4 Å². The molecule has 1 unspecified atom stereocenters. The van der Waals surface area contributed by atoms with Crippen LogP contribution in [0.1, 0.15) is 12.8 Å². The zero-order chi connectivity index (χ0) is 12.2. The first-order chi connectivity index (χ1) is 7.31. The van der Waals surface area contributed by atoms with Gasteiger partial charge in [-0.15, -0.1) is 13.2 Å². The van der Waals surface area contributed by atoms with Crippen LogP contribution in [0.25, 0.3) is 0 Å². The van der Waals surface area contributed by atoms with Gasteiger partial charge < -0.3 is 5.32 Å². The molecule has 1 fully saturated rings. The van der Waals surface area contributed by atoms with Gasteiger partial charge in [0.2, 0.25) is 0 Å². The van der Waals surface area contributed by atoms with Gasteiger partial charge in [-0.2, -0.15) is 0 Å². The van der Waals surface area contributed by atoms with Crippen molar-refractivity contribution >= 4 is 9.84 Å². The number of nitrogens with one attached hydrogen (secondary N) is 1. The van der Waals surface area contributed by atoms with E-state index in [1.165, 1.54) is 0 Å². The molecule has 1 rings (SSSR count). The van der Waals surface area contributed by atoms with Crippen LogP contribution in [-0.4, -0.2) is 45.5 Å². The standard InChI is InChI=1S/C8H14F3NO3S/c9-8(10,11)15-4-3-12-6-7-2-1-5-16(7,13)14/h7,12H,1-6H2. The molecule has 1 aliphatic rings. The Kier molecular flexibility index (Phi) is 4.57. The van der Waals surface area contributed by atoms with Crippen LogP contribution in [0, 0.1) is 0 Å². The van der Waals surface area contributed by atoms with E-state index in [4.69, 9.17) is 0 Å². The van der Waals surface area contributed by atoms with Crippen LogP contribution in [0.15, 0.2) is 0 Å². The fraction of sp³-hybridized carbons (Fsp3) is 1.00. The first kappa shape index (κ1) is 13.7. The minimum absolute atomic E-state index is 0.00840. The lowest BCUT2D eigenvalue weighted by Gasteiger charge is -2.11. The normalized spacial score (nSPS) is 24.8. The Morgan fingerprint density at radius 1 is 1.38 bits per heavy atom. The predicted octanol–water partition coefficient (Wildman–Crippen LogP) is 0.690. The summed E-state index contributed by atoms with van der Waals surface area (Å²) in [7, 11) is -3.03. The van der Waals surface area contributed by atoms with Crippen LogP contribution in [-0.2, 0) is 14.6 Å². The molecule has 1 saturated heterocycles. The van der Waals surface area contributed by atoms with Crippen molar-refractivity contribution in [3.05, 3.63) is 0 Å². The van der Waals surface area contributed by atoms with Gasteiger partial charge in [0.1, 0.15) is 0 Å². The van der Waals surface area contributed by atoms with E-state index in [0.29, 0.717) is 12.8 Å². The maximum absolute atomic E-state index is 11.6. The highest BCUT2D eigenvalue weighted by Crippen LogP contribution is 2.19. The quantitative estimate of drug-likeness (QED) is 0.740. The molecule has 0 aromatic heterocycles. The van der Waals surface area contributed by atoms with Gasteiger partial charge in [0.25, 0.3) is 0 Å². The fourth-order valence-corrected chi connectivity index (χ4v) is 3.39. The molecule has 16 heavy (non-hydrogen) atoms. The SMILES string of the molecule is O=S1(=O)CCCC1CNCCOC(F)(F)F. The largest absolute Gasteiger partial charge is 0.522 e. The molecule has 1 aliphatic heterocycles. The van der Waals surface area contributed by atoms with E-state index >= 15 is 0 Å². The maximum atomic E-state index is 11.6. The van der Waals surface area contributed by atoms with Crippen molar-refractivity contribution in [3.8, 4) is 0 Å². The van der Waals surface area contributed by atoms with Gasteiger partial charge in [-0.25, -0.2) is 8.42 Å². The first-order valence-electron chi connectivity index (χ1n) is 4.94.